The summed E-state index contributed by atoms with van der Waals surface area (Å²) >= 11 is 1.64. The van der Waals surface area contributed by atoms with Crippen LogP contribution >= 0.6 is 11.8 Å². The third-order valence-corrected chi connectivity index (χ3v) is 5.89. The Kier molecular flexibility index (Phi) is 6.03. The normalized spacial score (nSPS) is 18.7. The summed E-state index contributed by atoms with van der Waals surface area (Å²) in [6.07, 6.45) is 1.75. The van der Waals surface area contributed by atoms with Crippen LogP contribution in [0.5, 0.6) is 5.75 Å². The second-order valence-electron chi connectivity index (χ2n) is 7.03. The maximum Gasteiger partial charge on any atom is 0.195 e. The van der Waals surface area contributed by atoms with Gasteiger partial charge in [0.2, 0.25) is 0 Å². The molecule has 1 saturated heterocycles. The van der Waals surface area contributed by atoms with Gasteiger partial charge in [-0.15, -0.1) is 10.2 Å². The van der Waals surface area contributed by atoms with Gasteiger partial charge in [-0.3, -0.25) is 9.88 Å². The topological polar surface area (TPSA) is 64.4 Å². The lowest BCUT2D eigenvalue weighted by Crippen LogP contribution is -2.17. The van der Waals surface area contributed by atoms with Gasteiger partial charge in [-0.2, -0.15) is 0 Å². The van der Waals surface area contributed by atoms with Crippen LogP contribution in [-0.2, 0) is 4.74 Å². The van der Waals surface area contributed by atoms with Gasteiger partial charge < -0.3 is 14.4 Å². The monoisotopic (exact) mass is 411 g/mol. The van der Waals surface area contributed by atoms with Gasteiger partial charge in [0, 0.05) is 38.1 Å². The van der Waals surface area contributed by atoms with E-state index in [1.165, 1.54) is 5.69 Å². The molecule has 1 fully saturated rings. The molecule has 29 heavy (non-hydrogen) atoms. The fraction of sp³-hybridized carbons (Fsp3) is 0.333. The van der Waals surface area contributed by atoms with Crippen molar-refractivity contribution in [1.82, 2.24) is 20.1 Å². The van der Waals surface area contributed by atoms with Crippen molar-refractivity contribution in [2.75, 3.05) is 38.4 Å². The number of hydrogen-bond donors (Lipinski definition) is 1. The van der Waals surface area contributed by atoms with Crippen molar-refractivity contribution in [3.05, 3.63) is 60.4 Å². The molecule has 0 radical (unpaired) electrons. The Balaban J connectivity index is 1.37. The second kappa shape index (κ2) is 8.86. The summed E-state index contributed by atoms with van der Waals surface area (Å²) in [6, 6.07) is 16.3. The van der Waals surface area contributed by atoms with Crippen LogP contribution in [0.25, 0.3) is 5.69 Å². The quantitative estimate of drug-likeness (QED) is 0.599. The van der Waals surface area contributed by atoms with Gasteiger partial charge in [-0.05, 0) is 29.8 Å². The Hall–Kier alpha value is -2.55. The highest BCUT2D eigenvalue weighted by Crippen LogP contribution is 2.28. The summed E-state index contributed by atoms with van der Waals surface area (Å²) in [4.78, 5) is 2.09. The third kappa shape index (κ3) is 4.55. The number of ether oxygens (including phenoxy) is 2. The van der Waals surface area contributed by atoms with Crippen molar-refractivity contribution in [1.29, 1.82) is 0 Å². The van der Waals surface area contributed by atoms with E-state index in [1.54, 1.807) is 25.2 Å². The minimum absolute atomic E-state index is 0.0759. The van der Waals surface area contributed by atoms with Crippen LogP contribution in [0.3, 0.4) is 0 Å². The second-order valence-corrected chi connectivity index (χ2v) is 8.02. The van der Waals surface area contributed by atoms with Gasteiger partial charge >= 0.3 is 0 Å². The van der Waals surface area contributed by atoms with Gasteiger partial charge in [-0.25, -0.2) is 0 Å². The molecule has 1 N–H and O–H groups in total. The zero-order chi connectivity index (χ0) is 20.2. The lowest BCUT2D eigenvalue weighted by Gasteiger charge is -2.16. The summed E-state index contributed by atoms with van der Waals surface area (Å²) in [5, 5.41) is 12.6. The van der Waals surface area contributed by atoms with E-state index in [2.05, 4.69) is 44.7 Å². The van der Waals surface area contributed by atoms with Gasteiger partial charge in [0.15, 0.2) is 5.16 Å². The molecule has 0 unspecified atom stereocenters. The van der Waals surface area contributed by atoms with E-state index in [-0.39, 0.29) is 12.3 Å². The van der Waals surface area contributed by atoms with E-state index in [9.17, 15) is 0 Å². The summed E-state index contributed by atoms with van der Waals surface area (Å²) in [5.41, 5.74) is 3.29. The zero-order valence-corrected chi connectivity index (χ0v) is 17.6. The fourth-order valence-corrected chi connectivity index (χ4v) is 4.12. The van der Waals surface area contributed by atoms with E-state index >= 15 is 0 Å². The van der Waals surface area contributed by atoms with Crippen molar-refractivity contribution in [3.63, 3.8) is 0 Å². The van der Waals surface area contributed by atoms with Crippen molar-refractivity contribution < 1.29 is 9.47 Å². The Labute approximate surface area is 175 Å². The minimum Gasteiger partial charge on any atom is -0.497 e. The molecule has 7 nitrogen and oxygen atoms in total. The number of rotatable bonds is 7. The van der Waals surface area contributed by atoms with Crippen LogP contribution in [0.15, 0.2) is 60.0 Å². The number of nitrogens with zero attached hydrogens (tertiary/aromatic N) is 4. The first-order valence-corrected chi connectivity index (χ1v) is 10.5. The van der Waals surface area contributed by atoms with Gasteiger partial charge in [-0.1, -0.05) is 30.0 Å². The largest absolute Gasteiger partial charge is 0.497 e. The number of anilines is 1. The number of thioether (sulfide) groups is 1. The van der Waals surface area contributed by atoms with Crippen LogP contribution in [0, 0.1) is 0 Å². The van der Waals surface area contributed by atoms with Crippen molar-refractivity contribution in [2.45, 2.75) is 17.5 Å². The smallest absolute Gasteiger partial charge is 0.195 e. The average Bonchev–Trinajstić information content (AvgIpc) is 3.42. The van der Waals surface area contributed by atoms with Crippen LogP contribution in [0.2, 0.25) is 0 Å². The van der Waals surface area contributed by atoms with E-state index in [0.717, 1.165) is 34.5 Å². The van der Waals surface area contributed by atoms with Crippen LogP contribution in [0.4, 0.5) is 5.69 Å². The lowest BCUT2D eigenvalue weighted by molar-refractivity contribution is 0.0534. The summed E-state index contributed by atoms with van der Waals surface area (Å²) < 4.78 is 13.5. The number of benzene rings is 2. The molecule has 2 aromatic carbocycles. The van der Waals surface area contributed by atoms with E-state index in [1.807, 2.05) is 42.9 Å². The average molecular weight is 412 g/mol. The molecule has 152 valence electrons. The molecule has 1 aromatic heterocycles. The molecule has 4 rings (SSSR count). The molecule has 2 atom stereocenters. The number of aromatic nitrogens is 3. The first-order valence-electron chi connectivity index (χ1n) is 9.47. The Morgan fingerprint density at radius 2 is 2.07 bits per heavy atom. The maximum absolute atomic E-state index is 6.21. The predicted octanol–water partition coefficient (Wildman–Crippen LogP) is 3.12. The molecule has 0 saturated carbocycles. The molecular weight excluding hydrogens is 386 g/mol. The minimum atomic E-state index is -0.0759. The highest BCUT2D eigenvalue weighted by atomic mass is 32.2. The van der Waals surface area contributed by atoms with Gasteiger partial charge in [0.1, 0.15) is 18.3 Å². The van der Waals surface area contributed by atoms with Gasteiger partial charge in [0.25, 0.3) is 0 Å². The summed E-state index contributed by atoms with van der Waals surface area (Å²) in [7, 11) is 5.74. The standard InChI is InChI=1S/C21H25N5O2S/c1-25(2)16-9-7-15(8-10-16)20-22-12-19(28-20)13-29-21-24-23-14-26(21)17-5-4-6-18(11-17)27-3/h4-11,14,19-20,22H,12-13H2,1-3H3/t19-,20+/m0/s1. The van der Waals surface area contributed by atoms with Crippen LogP contribution in [0.1, 0.15) is 11.8 Å². The van der Waals surface area contributed by atoms with E-state index in [4.69, 9.17) is 9.47 Å². The maximum atomic E-state index is 6.21. The lowest BCUT2D eigenvalue weighted by atomic mass is 10.2. The predicted molar refractivity (Wildman–Crippen MR) is 115 cm³/mol. The van der Waals surface area contributed by atoms with Crippen molar-refractivity contribution in [3.8, 4) is 11.4 Å². The zero-order valence-electron chi connectivity index (χ0n) is 16.8. The number of hydrogen-bond acceptors (Lipinski definition) is 7. The Morgan fingerprint density at radius 3 is 2.83 bits per heavy atom. The molecule has 1 aliphatic rings. The molecule has 0 aliphatic carbocycles. The molecule has 3 aromatic rings. The SMILES string of the molecule is COc1cccc(-n2cnnc2SC[C@@H]2CN[C@@H](c3ccc(N(C)C)cc3)O2)c1. The highest BCUT2D eigenvalue weighted by Gasteiger charge is 2.26. The molecule has 0 spiro atoms. The summed E-state index contributed by atoms with van der Waals surface area (Å²) in [6.45, 7) is 0.806. The third-order valence-electron chi connectivity index (χ3n) is 4.82. The number of methoxy groups -OCH3 is 1. The molecule has 0 bridgehead atoms. The van der Waals surface area contributed by atoms with Crippen molar-refractivity contribution in [2.24, 2.45) is 0 Å². The first kappa shape index (κ1) is 19.8. The Morgan fingerprint density at radius 1 is 1.24 bits per heavy atom. The highest BCUT2D eigenvalue weighted by molar-refractivity contribution is 7.99. The van der Waals surface area contributed by atoms with E-state index in [0.29, 0.717) is 0 Å². The fourth-order valence-electron chi connectivity index (χ4n) is 3.20. The van der Waals surface area contributed by atoms with Crippen LogP contribution < -0.4 is 15.0 Å². The van der Waals surface area contributed by atoms with Gasteiger partial charge in [0.05, 0.1) is 18.9 Å². The Bertz CT molecular complexity index is 944. The molecule has 1 aliphatic heterocycles. The van der Waals surface area contributed by atoms with Crippen molar-refractivity contribution >= 4 is 17.4 Å². The molecular formula is C21H25N5O2S. The summed E-state index contributed by atoms with van der Waals surface area (Å²) in [5.74, 6) is 1.60. The molecule has 8 heteroatoms. The molecule has 2 heterocycles. The van der Waals surface area contributed by atoms with Crippen LogP contribution in [-0.4, -0.2) is 54.4 Å². The van der Waals surface area contributed by atoms with E-state index < -0.39 is 0 Å². The number of nitrogens with one attached hydrogen (secondary N) is 1. The molecule has 0 amide bonds. The first-order chi connectivity index (χ1) is 14.1.